The van der Waals surface area contributed by atoms with Crippen molar-refractivity contribution in [1.82, 2.24) is 14.2 Å². The van der Waals surface area contributed by atoms with Crippen LogP contribution >= 0.6 is 0 Å². The van der Waals surface area contributed by atoms with Crippen molar-refractivity contribution in [3.63, 3.8) is 0 Å². The fourth-order valence-corrected chi connectivity index (χ4v) is 4.35. The van der Waals surface area contributed by atoms with Crippen molar-refractivity contribution in [2.24, 2.45) is 13.0 Å². The number of nitrogens with one attached hydrogen (secondary N) is 1. The van der Waals surface area contributed by atoms with Gasteiger partial charge in [-0.1, -0.05) is 40.5 Å². The fraction of sp³-hybridized carbons (Fsp3) is 0.722. The topological polar surface area (TPSA) is 71.4 Å². The molecule has 1 unspecified atom stereocenters. The van der Waals surface area contributed by atoms with Gasteiger partial charge in [-0.15, -0.1) is 0 Å². The first-order valence-electron chi connectivity index (χ1n) is 9.10. The number of amides is 1. The fourth-order valence-electron chi connectivity index (χ4n) is 2.82. The predicted octanol–water partition coefficient (Wildman–Crippen LogP) is 3.00. The third-order valence-electron chi connectivity index (χ3n) is 4.35. The average molecular weight is 372 g/mol. The van der Waals surface area contributed by atoms with Crippen LogP contribution in [0.5, 0.6) is 0 Å². The monoisotopic (exact) mass is 371 g/mol. The molecule has 144 valence electrons. The number of hydrogen-bond donors (Lipinski definition) is 1. The summed E-state index contributed by atoms with van der Waals surface area (Å²) in [5.41, 5.74) is 0.362. The zero-order valence-corrected chi connectivity index (χ0v) is 17.2. The summed E-state index contributed by atoms with van der Waals surface area (Å²) in [6, 6.07) is 1.52. The van der Waals surface area contributed by atoms with E-state index in [9.17, 15) is 13.2 Å². The van der Waals surface area contributed by atoms with Crippen molar-refractivity contribution in [2.75, 3.05) is 13.1 Å². The molecule has 0 fully saturated rings. The molecule has 1 amide bonds. The molecule has 6 nitrogen and oxygen atoms in total. The summed E-state index contributed by atoms with van der Waals surface area (Å²) in [5, 5.41) is 2.96. The largest absolute Gasteiger partial charge is 0.348 e. The molecular weight excluding hydrogens is 338 g/mol. The van der Waals surface area contributed by atoms with Gasteiger partial charge in [0.1, 0.15) is 10.6 Å². The van der Waals surface area contributed by atoms with Gasteiger partial charge < -0.3 is 9.88 Å². The Kier molecular flexibility index (Phi) is 8.15. The molecule has 1 rings (SSSR count). The molecule has 1 aromatic heterocycles. The number of carbonyl (C=O) groups is 1. The highest BCUT2D eigenvalue weighted by Gasteiger charge is 2.25. The van der Waals surface area contributed by atoms with Gasteiger partial charge in [0.15, 0.2) is 0 Å². The molecule has 1 aromatic rings. The number of rotatable bonds is 10. The molecule has 25 heavy (non-hydrogen) atoms. The lowest BCUT2D eigenvalue weighted by molar-refractivity contribution is 0.0929. The van der Waals surface area contributed by atoms with Crippen LogP contribution in [0.3, 0.4) is 0 Å². The van der Waals surface area contributed by atoms with Crippen molar-refractivity contribution < 1.29 is 13.2 Å². The summed E-state index contributed by atoms with van der Waals surface area (Å²) in [7, 11) is -1.86. The summed E-state index contributed by atoms with van der Waals surface area (Å²) >= 11 is 0. The lowest BCUT2D eigenvalue weighted by atomic mass is 10.0. The first kappa shape index (κ1) is 21.7. The van der Waals surface area contributed by atoms with Crippen LogP contribution in [0.2, 0.25) is 0 Å². The van der Waals surface area contributed by atoms with Crippen molar-refractivity contribution in [3.05, 3.63) is 18.0 Å². The van der Waals surface area contributed by atoms with E-state index in [1.54, 1.807) is 25.5 Å². The highest BCUT2D eigenvalue weighted by molar-refractivity contribution is 7.89. The molecule has 0 bridgehead atoms. The van der Waals surface area contributed by atoms with Crippen molar-refractivity contribution in [3.8, 4) is 0 Å². The quantitative estimate of drug-likeness (QED) is 0.687. The summed E-state index contributed by atoms with van der Waals surface area (Å²) in [6.45, 7) is 10.8. The maximum absolute atomic E-state index is 12.6. The summed E-state index contributed by atoms with van der Waals surface area (Å²) < 4.78 is 28.1. The Morgan fingerprint density at radius 3 is 2.32 bits per heavy atom. The van der Waals surface area contributed by atoms with E-state index in [2.05, 4.69) is 19.2 Å². The standard InChI is InChI=1S/C18H33N3O3S/c1-7-21(8-2)25(23,24)16-12-17(20(6)13-16)18(22)19-15(5)11-9-10-14(3)4/h12-15H,7-11H2,1-6H3,(H,19,22). The van der Waals surface area contributed by atoms with Crippen molar-refractivity contribution >= 4 is 15.9 Å². The zero-order chi connectivity index (χ0) is 19.2. The van der Waals surface area contributed by atoms with Gasteiger partial charge in [0.2, 0.25) is 10.0 Å². The third-order valence-corrected chi connectivity index (χ3v) is 6.37. The maximum Gasteiger partial charge on any atom is 0.268 e. The van der Waals surface area contributed by atoms with Gasteiger partial charge in [-0.2, -0.15) is 4.31 Å². The molecular formula is C18H33N3O3S. The highest BCUT2D eigenvalue weighted by atomic mass is 32.2. The van der Waals surface area contributed by atoms with Crippen LogP contribution in [0.1, 0.15) is 64.4 Å². The molecule has 0 aliphatic rings. The minimum Gasteiger partial charge on any atom is -0.348 e. The van der Waals surface area contributed by atoms with E-state index in [-0.39, 0.29) is 16.8 Å². The van der Waals surface area contributed by atoms with Crippen molar-refractivity contribution in [2.45, 2.75) is 64.8 Å². The highest BCUT2D eigenvalue weighted by Crippen LogP contribution is 2.18. The molecule has 0 spiro atoms. The first-order valence-corrected chi connectivity index (χ1v) is 10.5. The average Bonchev–Trinajstić information content (AvgIpc) is 2.90. The first-order chi connectivity index (χ1) is 11.6. The predicted molar refractivity (Wildman–Crippen MR) is 101 cm³/mol. The Morgan fingerprint density at radius 1 is 1.20 bits per heavy atom. The van der Waals surface area contributed by atoms with E-state index < -0.39 is 10.0 Å². The van der Waals surface area contributed by atoms with Crippen LogP contribution in [0, 0.1) is 5.92 Å². The maximum atomic E-state index is 12.6. The lowest BCUT2D eigenvalue weighted by Crippen LogP contribution is -2.33. The number of hydrogen-bond acceptors (Lipinski definition) is 3. The molecule has 7 heteroatoms. The van der Waals surface area contributed by atoms with Crippen LogP contribution in [-0.4, -0.2) is 42.3 Å². The second-order valence-electron chi connectivity index (χ2n) is 6.96. The number of aryl methyl sites for hydroxylation is 1. The molecule has 0 saturated carbocycles. The van der Waals surface area contributed by atoms with Crippen LogP contribution < -0.4 is 5.32 Å². The van der Waals surface area contributed by atoms with Crippen LogP contribution in [0.4, 0.5) is 0 Å². The Balaban J connectivity index is 2.83. The van der Waals surface area contributed by atoms with Crippen LogP contribution in [0.25, 0.3) is 0 Å². The lowest BCUT2D eigenvalue weighted by Gasteiger charge is -2.17. The van der Waals surface area contributed by atoms with E-state index in [4.69, 9.17) is 0 Å². The van der Waals surface area contributed by atoms with Gasteiger partial charge in [-0.25, -0.2) is 8.42 Å². The molecule has 0 aromatic carbocycles. The smallest absolute Gasteiger partial charge is 0.268 e. The summed E-state index contributed by atoms with van der Waals surface area (Å²) in [6.07, 6.45) is 4.62. The molecule has 0 aliphatic heterocycles. The van der Waals surface area contributed by atoms with Gasteiger partial charge in [-0.05, 0) is 25.3 Å². The number of sulfonamides is 1. The van der Waals surface area contributed by atoms with Gasteiger partial charge in [0, 0.05) is 32.4 Å². The normalized spacial score (nSPS) is 13.4. The van der Waals surface area contributed by atoms with Gasteiger partial charge >= 0.3 is 0 Å². The number of aromatic nitrogens is 1. The van der Waals surface area contributed by atoms with E-state index in [0.717, 1.165) is 19.3 Å². The zero-order valence-electron chi connectivity index (χ0n) is 16.4. The summed E-state index contributed by atoms with van der Waals surface area (Å²) in [4.78, 5) is 12.6. The second-order valence-corrected chi connectivity index (χ2v) is 8.90. The minimum atomic E-state index is -3.56. The van der Waals surface area contributed by atoms with Crippen molar-refractivity contribution in [1.29, 1.82) is 0 Å². The van der Waals surface area contributed by atoms with E-state index >= 15 is 0 Å². The Bertz CT molecular complexity index is 661. The Labute approximate surface area is 152 Å². The van der Waals surface area contributed by atoms with Crippen LogP contribution in [0.15, 0.2) is 17.2 Å². The molecule has 1 atom stereocenters. The molecule has 1 N–H and O–H groups in total. The summed E-state index contributed by atoms with van der Waals surface area (Å²) in [5.74, 6) is 0.421. The Morgan fingerprint density at radius 2 is 1.80 bits per heavy atom. The Hall–Kier alpha value is -1.34. The molecule has 0 aliphatic carbocycles. The third kappa shape index (κ3) is 5.85. The molecule has 0 radical (unpaired) electrons. The van der Waals surface area contributed by atoms with Gasteiger partial charge in [0.05, 0.1) is 0 Å². The SMILES string of the molecule is CCN(CC)S(=O)(=O)c1cc(C(=O)NC(C)CCCC(C)C)n(C)c1. The minimum absolute atomic E-state index is 0.0592. The molecule has 0 saturated heterocycles. The van der Waals surface area contributed by atoms with E-state index in [1.165, 1.54) is 16.6 Å². The van der Waals surface area contributed by atoms with E-state index in [0.29, 0.717) is 24.7 Å². The number of nitrogens with zero attached hydrogens (tertiary/aromatic N) is 2. The molecule has 1 heterocycles. The van der Waals surface area contributed by atoms with Gasteiger partial charge in [0.25, 0.3) is 5.91 Å². The number of carbonyl (C=O) groups excluding carboxylic acids is 1. The van der Waals surface area contributed by atoms with E-state index in [1.807, 2.05) is 6.92 Å². The van der Waals surface area contributed by atoms with Gasteiger partial charge in [-0.3, -0.25) is 4.79 Å². The second kappa shape index (κ2) is 9.38. The van der Waals surface area contributed by atoms with Crippen LogP contribution in [-0.2, 0) is 17.1 Å².